The van der Waals surface area contributed by atoms with Gasteiger partial charge in [0, 0.05) is 23.5 Å². The van der Waals surface area contributed by atoms with E-state index in [1.165, 1.54) is 0 Å². The quantitative estimate of drug-likeness (QED) is 0.301. The second-order valence-corrected chi connectivity index (χ2v) is 5.32. The van der Waals surface area contributed by atoms with Gasteiger partial charge < -0.3 is 0 Å². The molecule has 0 heterocycles. The van der Waals surface area contributed by atoms with Gasteiger partial charge in [-0.25, -0.2) is 0 Å². The molecule has 0 spiro atoms. The molecule has 0 saturated heterocycles. The molecule has 0 fully saturated rings. The molecule has 0 bridgehead atoms. The Kier molecular flexibility index (Phi) is 8.02. The van der Waals surface area contributed by atoms with E-state index in [0.717, 1.165) is 0 Å². The van der Waals surface area contributed by atoms with Crippen LogP contribution in [0.2, 0.25) is 0 Å². The van der Waals surface area contributed by atoms with E-state index in [2.05, 4.69) is 0 Å². The second kappa shape index (κ2) is 7.65. The predicted octanol–water partition coefficient (Wildman–Crippen LogP) is 6.25. The first kappa shape index (κ1) is 22.0. The smallest absolute Gasteiger partial charge is 0.0991 e. The number of nitriles is 1. The van der Waals surface area contributed by atoms with E-state index in [4.69, 9.17) is 5.26 Å². The van der Waals surface area contributed by atoms with Crippen LogP contribution in [-0.4, -0.2) is 0 Å². The van der Waals surface area contributed by atoms with E-state index in [1.807, 2.05) is 55.0 Å². The molecule has 0 aromatic heterocycles. The van der Waals surface area contributed by atoms with Crippen LogP contribution < -0.4 is 0 Å². The minimum absolute atomic E-state index is 0. The standard InChI is InChI=1S/C7H5N.C5H5.F6P.Fe/c8-6-7-4-2-1-3-5-7;1-2-4-5-3-1;1-7(2,3,4,5)6;/h1-5H;1-5H;;/q;;-1;. The summed E-state index contributed by atoms with van der Waals surface area (Å²) >= 11 is 0. The molecule has 1 aliphatic carbocycles. The van der Waals surface area contributed by atoms with Crippen LogP contribution in [0.3, 0.4) is 0 Å². The number of benzene rings is 1. The number of hydrogen-bond donors (Lipinski definition) is 0. The largest absolute Gasteiger partial charge is 0.192 e. The van der Waals surface area contributed by atoms with Gasteiger partial charge in [0.15, 0.2) is 0 Å². The van der Waals surface area contributed by atoms with Crippen LogP contribution in [0.15, 0.2) is 54.6 Å². The van der Waals surface area contributed by atoms with E-state index in [9.17, 15) is 25.2 Å². The third-order valence-electron chi connectivity index (χ3n) is 1.46. The Bertz CT molecular complexity index is 494. The monoisotopic (exact) mass is 369 g/mol. The molecule has 1 aromatic carbocycles. The van der Waals surface area contributed by atoms with Crippen molar-refractivity contribution in [1.82, 2.24) is 0 Å². The minimum Gasteiger partial charge on any atom is -0.192 e. The molecular formula is C12H10F6FeNP-. The maximum atomic E-state index is 9.87. The Balaban J connectivity index is 0. The average molecular weight is 369 g/mol. The zero-order chi connectivity index (χ0) is 15.8. The molecule has 2 rings (SSSR count). The third-order valence-corrected chi connectivity index (χ3v) is 1.46. The fourth-order valence-electron chi connectivity index (χ4n) is 0.833. The molecule has 1 aromatic rings. The molecule has 21 heavy (non-hydrogen) atoms. The SMILES string of the molecule is F[P-](F)(F)(F)(F)F.N#Cc1ccccc1.[CH]1C=CC=C1.[Fe]. The first-order valence-corrected chi connectivity index (χ1v) is 7.09. The summed E-state index contributed by atoms with van der Waals surface area (Å²) in [5, 5.41) is 8.29. The topological polar surface area (TPSA) is 23.8 Å². The Morgan fingerprint density at radius 3 is 1.33 bits per heavy atom. The van der Waals surface area contributed by atoms with Crippen molar-refractivity contribution >= 4 is 7.81 Å². The van der Waals surface area contributed by atoms with Gasteiger partial charge in [0.05, 0.1) is 11.6 Å². The summed E-state index contributed by atoms with van der Waals surface area (Å²) in [7, 11) is -10.7. The van der Waals surface area contributed by atoms with Gasteiger partial charge in [0.2, 0.25) is 0 Å². The number of rotatable bonds is 0. The first-order chi connectivity index (χ1) is 8.88. The van der Waals surface area contributed by atoms with Gasteiger partial charge in [0.25, 0.3) is 0 Å². The molecule has 0 saturated carbocycles. The van der Waals surface area contributed by atoms with Crippen molar-refractivity contribution < 1.29 is 42.3 Å². The minimum atomic E-state index is -10.7. The van der Waals surface area contributed by atoms with Crippen LogP contribution >= 0.6 is 7.81 Å². The zero-order valence-corrected chi connectivity index (χ0v) is 12.3. The van der Waals surface area contributed by atoms with Crippen molar-refractivity contribution in [3.05, 3.63) is 66.6 Å². The Morgan fingerprint density at radius 2 is 1.14 bits per heavy atom. The van der Waals surface area contributed by atoms with E-state index < -0.39 is 7.81 Å². The van der Waals surface area contributed by atoms with Gasteiger partial charge in [-0.1, -0.05) is 42.5 Å². The molecule has 0 atom stereocenters. The van der Waals surface area contributed by atoms with Crippen LogP contribution in [0.5, 0.6) is 0 Å². The fraction of sp³-hybridized carbons (Fsp3) is 0. The van der Waals surface area contributed by atoms with Crippen molar-refractivity contribution in [3.8, 4) is 6.07 Å². The number of nitrogens with zero attached hydrogens (tertiary/aromatic N) is 1. The molecule has 1 nitrogen and oxygen atoms in total. The van der Waals surface area contributed by atoms with Gasteiger partial charge in [-0.3, -0.25) is 0 Å². The summed E-state index contributed by atoms with van der Waals surface area (Å²) in [6, 6.07) is 11.2. The zero-order valence-electron chi connectivity index (χ0n) is 10.3. The summed E-state index contributed by atoms with van der Waals surface area (Å²) in [4.78, 5) is 0. The van der Waals surface area contributed by atoms with Crippen molar-refractivity contribution in [2.24, 2.45) is 0 Å². The van der Waals surface area contributed by atoms with Crippen LogP contribution in [0, 0.1) is 17.8 Å². The maximum absolute atomic E-state index is 10.7. The second-order valence-electron chi connectivity index (χ2n) is 3.40. The molecule has 0 aliphatic heterocycles. The molecular weight excluding hydrogens is 359 g/mol. The van der Waals surface area contributed by atoms with E-state index in [-0.39, 0.29) is 17.1 Å². The summed E-state index contributed by atoms with van der Waals surface area (Å²) in [5.41, 5.74) is 0.715. The summed E-state index contributed by atoms with van der Waals surface area (Å²) < 4.78 is 59.2. The number of hydrogen-bond acceptors (Lipinski definition) is 1. The Morgan fingerprint density at radius 1 is 0.762 bits per heavy atom. The van der Waals surface area contributed by atoms with Gasteiger partial charge in [-0.2, -0.15) is 5.26 Å². The summed E-state index contributed by atoms with van der Waals surface area (Å²) in [6.07, 6.45) is 10.0. The van der Waals surface area contributed by atoms with Crippen LogP contribution in [0.25, 0.3) is 0 Å². The fourth-order valence-corrected chi connectivity index (χ4v) is 0.833. The van der Waals surface area contributed by atoms with E-state index >= 15 is 0 Å². The molecule has 119 valence electrons. The number of halogens is 6. The predicted molar refractivity (Wildman–Crippen MR) is 67.3 cm³/mol. The van der Waals surface area contributed by atoms with Crippen LogP contribution in [-0.2, 0) is 17.1 Å². The summed E-state index contributed by atoms with van der Waals surface area (Å²) in [5.74, 6) is 0. The number of allylic oxidation sites excluding steroid dienone is 4. The van der Waals surface area contributed by atoms with E-state index in [0.29, 0.717) is 5.56 Å². The maximum Gasteiger partial charge on any atom is 0.0991 e. The molecule has 0 unspecified atom stereocenters. The molecule has 1 radical (unpaired) electrons. The van der Waals surface area contributed by atoms with Gasteiger partial charge >= 0.3 is 33.0 Å². The first-order valence-electron chi connectivity index (χ1n) is 5.07. The molecule has 1 aliphatic rings. The average Bonchev–Trinajstić information content (AvgIpc) is 2.84. The molecule has 0 amide bonds. The van der Waals surface area contributed by atoms with Gasteiger partial charge in [0.1, 0.15) is 0 Å². The Labute approximate surface area is 128 Å². The van der Waals surface area contributed by atoms with Crippen LogP contribution in [0.4, 0.5) is 25.2 Å². The van der Waals surface area contributed by atoms with Crippen molar-refractivity contribution in [3.63, 3.8) is 0 Å². The van der Waals surface area contributed by atoms with Crippen molar-refractivity contribution in [2.45, 2.75) is 0 Å². The van der Waals surface area contributed by atoms with Gasteiger partial charge in [-0.15, -0.1) is 0 Å². The van der Waals surface area contributed by atoms with E-state index in [1.54, 1.807) is 12.1 Å². The molecule has 9 heteroatoms. The van der Waals surface area contributed by atoms with Crippen molar-refractivity contribution in [2.75, 3.05) is 0 Å². The van der Waals surface area contributed by atoms with Gasteiger partial charge in [-0.05, 0) is 12.1 Å². The molecule has 0 N–H and O–H groups in total. The van der Waals surface area contributed by atoms with Crippen LogP contribution in [0.1, 0.15) is 5.56 Å². The van der Waals surface area contributed by atoms with Crippen molar-refractivity contribution in [1.29, 1.82) is 5.26 Å². The summed E-state index contributed by atoms with van der Waals surface area (Å²) in [6.45, 7) is 0. The Hall–Kier alpha value is -1.28. The third kappa shape index (κ3) is 27.8. The normalized spacial score (nSPS) is 14.9.